The van der Waals surface area contributed by atoms with Crippen molar-refractivity contribution >= 4 is 11.8 Å². The minimum Gasteiger partial charge on any atom is -0.466 e. The quantitative estimate of drug-likeness (QED) is 0.649. The maximum atomic E-state index is 12.2. The minimum absolute atomic E-state index is 0.136. The van der Waals surface area contributed by atoms with Gasteiger partial charge in [0.2, 0.25) is 0 Å². The van der Waals surface area contributed by atoms with E-state index in [4.69, 9.17) is 9.47 Å². The van der Waals surface area contributed by atoms with Gasteiger partial charge in [-0.25, -0.2) is 4.79 Å². The van der Waals surface area contributed by atoms with E-state index in [0.29, 0.717) is 5.57 Å². The molecule has 2 aliphatic rings. The zero-order valence-electron chi connectivity index (χ0n) is 10.9. The van der Waals surface area contributed by atoms with Gasteiger partial charge in [0.1, 0.15) is 11.4 Å². The van der Waals surface area contributed by atoms with Crippen LogP contribution in [0.1, 0.15) is 27.7 Å². The van der Waals surface area contributed by atoms with Crippen molar-refractivity contribution in [3.63, 3.8) is 0 Å². The summed E-state index contributed by atoms with van der Waals surface area (Å²) in [5, 5.41) is 0. The fraction of sp³-hybridized carbons (Fsp3) is 0.692. The van der Waals surface area contributed by atoms with Crippen molar-refractivity contribution in [2.45, 2.75) is 38.9 Å². The van der Waals surface area contributed by atoms with Crippen molar-refractivity contribution in [1.82, 2.24) is 0 Å². The number of ether oxygens (including phenoxy) is 2. The van der Waals surface area contributed by atoms with Gasteiger partial charge in [0.25, 0.3) is 0 Å². The van der Waals surface area contributed by atoms with Gasteiger partial charge in [0.15, 0.2) is 0 Å². The van der Waals surface area contributed by atoms with Gasteiger partial charge in [-0.3, -0.25) is 4.79 Å². The summed E-state index contributed by atoms with van der Waals surface area (Å²) in [5.74, 6) is -0.854. The third kappa shape index (κ3) is 1.40. The number of hydrogen-bond acceptors (Lipinski definition) is 4. The van der Waals surface area contributed by atoms with Gasteiger partial charge in [0, 0.05) is 11.8 Å². The molecule has 4 nitrogen and oxygen atoms in total. The van der Waals surface area contributed by atoms with E-state index in [0.717, 1.165) is 0 Å². The van der Waals surface area contributed by atoms with Crippen LogP contribution in [0.25, 0.3) is 0 Å². The van der Waals surface area contributed by atoms with Crippen LogP contribution >= 0.6 is 0 Å². The van der Waals surface area contributed by atoms with Crippen LogP contribution in [-0.2, 0) is 19.1 Å². The Bertz CT molecular complexity index is 425. The number of methoxy groups -OCH3 is 1. The van der Waals surface area contributed by atoms with Gasteiger partial charge in [0.05, 0.1) is 18.3 Å². The van der Waals surface area contributed by atoms with Crippen LogP contribution in [-0.4, -0.2) is 30.1 Å². The van der Waals surface area contributed by atoms with Crippen LogP contribution in [0, 0.1) is 11.8 Å². The Kier molecular flexibility index (Phi) is 2.47. The average Bonchev–Trinajstić information content (AvgIpc) is 2.56. The van der Waals surface area contributed by atoms with Crippen molar-refractivity contribution in [2.24, 2.45) is 11.8 Å². The van der Waals surface area contributed by atoms with Gasteiger partial charge < -0.3 is 9.47 Å². The van der Waals surface area contributed by atoms with E-state index in [1.54, 1.807) is 19.9 Å². The summed E-state index contributed by atoms with van der Waals surface area (Å²) < 4.78 is 10.8. The maximum Gasteiger partial charge on any atom is 0.336 e. The molecule has 17 heavy (non-hydrogen) atoms. The van der Waals surface area contributed by atoms with E-state index in [9.17, 15) is 9.59 Å². The smallest absolute Gasteiger partial charge is 0.336 e. The highest BCUT2D eigenvalue weighted by Crippen LogP contribution is 2.51. The first-order valence-electron chi connectivity index (χ1n) is 5.82. The first kappa shape index (κ1) is 12.3. The number of hydrogen-bond donors (Lipinski definition) is 0. The van der Waals surface area contributed by atoms with Crippen molar-refractivity contribution in [2.75, 3.05) is 7.11 Å². The van der Waals surface area contributed by atoms with Crippen LogP contribution in [0.3, 0.4) is 0 Å². The molecule has 2 bridgehead atoms. The molecule has 0 aromatic heterocycles. The normalized spacial score (nSPS) is 44.5. The van der Waals surface area contributed by atoms with Crippen LogP contribution in [0.2, 0.25) is 0 Å². The van der Waals surface area contributed by atoms with Crippen LogP contribution in [0.5, 0.6) is 0 Å². The number of Topliss-reactive ketones (excluding diaryl/α,β-unsaturated/α-hetero) is 1. The highest BCUT2D eigenvalue weighted by Gasteiger charge is 2.60. The molecule has 0 radical (unpaired) electrons. The standard InChI is InChI=1S/C13H18O4/c1-7-10(14)8(2)13(4)9(11(15)16-5)6-12(7,3)17-13/h6-8H,1-5H3/t7-,8+,12-,13-/m0/s1. The molecule has 0 unspecified atom stereocenters. The SMILES string of the molecule is COC(=O)C1=C[C@]2(C)O[C@@]1(C)[C@H](C)C(=O)[C@@H]2C. The molecule has 2 aliphatic heterocycles. The highest BCUT2D eigenvalue weighted by molar-refractivity contribution is 5.97. The molecule has 1 fully saturated rings. The molecular formula is C13H18O4. The molecule has 0 N–H and O–H groups in total. The average molecular weight is 238 g/mol. The van der Waals surface area contributed by atoms with Gasteiger partial charge >= 0.3 is 5.97 Å². The fourth-order valence-corrected chi connectivity index (χ4v) is 2.81. The third-order valence-electron chi connectivity index (χ3n) is 4.34. The minimum atomic E-state index is -0.856. The maximum absolute atomic E-state index is 12.2. The van der Waals surface area contributed by atoms with Crippen LogP contribution < -0.4 is 0 Å². The Hall–Kier alpha value is -1.16. The molecule has 2 rings (SSSR count). The Morgan fingerprint density at radius 3 is 2.47 bits per heavy atom. The molecule has 0 saturated carbocycles. The summed E-state index contributed by atoms with van der Waals surface area (Å²) in [4.78, 5) is 24.0. The second-order valence-electron chi connectivity index (χ2n) is 5.29. The molecule has 0 amide bonds. The zero-order chi connectivity index (χ0) is 13.0. The summed E-state index contributed by atoms with van der Waals surface area (Å²) in [5.41, 5.74) is -1.08. The Morgan fingerprint density at radius 2 is 1.94 bits per heavy atom. The largest absolute Gasteiger partial charge is 0.466 e. The van der Waals surface area contributed by atoms with Gasteiger partial charge in [-0.1, -0.05) is 13.8 Å². The lowest BCUT2D eigenvalue weighted by atomic mass is 9.75. The number of ketones is 1. The summed E-state index contributed by atoms with van der Waals surface area (Å²) in [6, 6.07) is 0. The second kappa shape index (κ2) is 3.42. The first-order chi connectivity index (χ1) is 7.76. The lowest BCUT2D eigenvalue weighted by Crippen LogP contribution is -2.55. The Morgan fingerprint density at radius 1 is 1.35 bits per heavy atom. The molecule has 0 aromatic rings. The van der Waals surface area contributed by atoms with Gasteiger partial charge in [-0.15, -0.1) is 0 Å². The molecular weight excluding hydrogens is 220 g/mol. The number of rotatable bonds is 1. The highest BCUT2D eigenvalue weighted by atomic mass is 16.5. The Balaban J connectivity index is 2.54. The molecule has 4 atom stereocenters. The van der Waals surface area contributed by atoms with Crippen LogP contribution in [0.15, 0.2) is 11.6 Å². The predicted octanol–water partition coefficient (Wildman–Crippen LogP) is 1.49. The first-order valence-corrected chi connectivity index (χ1v) is 5.82. The van der Waals surface area contributed by atoms with Gasteiger partial charge in [-0.2, -0.15) is 0 Å². The summed E-state index contributed by atoms with van der Waals surface area (Å²) in [6.07, 6.45) is 1.75. The fourth-order valence-electron chi connectivity index (χ4n) is 2.81. The molecule has 0 aromatic carbocycles. The van der Waals surface area contributed by atoms with Crippen molar-refractivity contribution in [3.8, 4) is 0 Å². The Labute approximate surface area is 101 Å². The molecule has 2 heterocycles. The number of esters is 1. The summed E-state index contributed by atoms with van der Waals surface area (Å²) >= 11 is 0. The van der Waals surface area contributed by atoms with E-state index < -0.39 is 17.2 Å². The molecule has 1 saturated heterocycles. The van der Waals surface area contributed by atoms with Crippen LogP contribution in [0.4, 0.5) is 0 Å². The topological polar surface area (TPSA) is 52.6 Å². The molecule has 4 heteroatoms. The van der Waals surface area contributed by atoms with Crippen molar-refractivity contribution in [1.29, 1.82) is 0 Å². The zero-order valence-corrected chi connectivity index (χ0v) is 10.9. The summed E-state index contributed by atoms with van der Waals surface area (Å²) in [6.45, 7) is 7.28. The van der Waals surface area contributed by atoms with Crippen molar-refractivity contribution in [3.05, 3.63) is 11.6 Å². The van der Waals surface area contributed by atoms with E-state index >= 15 is 0 Å². The van der Waals surface area contributed by atoms with E-state index in [1.807, 2.05) is 13.8 Å². The number of fused-ring (bicyclic) bond motifs is 2. The number of carbonyl (C=O) groups is 2. The number of carbonyl (C=O) groups excluding carboxylic acids is 2. The lowest BCUT2D eigenvalue weighted by Gasteiger charge is -2.44. The molecule has 94 valence electrons. The van der Waals surface area contributed by atoms with E-state index in [1.165, 1.54) is 7.11 Å². The molecule has 0 aliphatic carbocycles. The monoisotopic (exact) mass is 238 g/mol. The summed E-state index contributed by atoms with van der Waals surface area (Å²) in [7, 11) is 1.34. The van der Waals surface area contributed by atoms with Gasteiger partial charge in [-0.05, 0) is 19.9 Å². The molecule has 0 spiro atoms. The third-order valence-corrected chi connectivity index (χ3v) is 4.34. The van der Waals surface area contributed by atoms with E-state index in [2.05, 4.69) is 0 Å². The van der Waals surface area contributed by atoms with Crippen molar-refractivity contribution < 1.29 is 19.1 Å². The van der Waals surface area contributed by atoms with E-state index in [-0.39, 0.29) is 17.6 Å². The lowest BCUT2D eigenvalue weighted by molar-refractivity contribution is -0.179. The predicted molar refractivity (Wildman–Crippen MR) is 61.3 cm³/mol. The second-order valence-corrected chi connectivity index (χ2v) is 5.29.